The van der Waals surface area contributed by atoms with Crippen molar-refractivity contribution in [3.63, 3.8) is 0 Å². The van der Waals surface area contributed by atoms with Crippen molar-refractivity contribution in [1.82, 2.24) is 0 Å². The monoisotopic (exact) mass is 267 g/mol. The maximum absolute atomic E-state index is 11.9. The van der Waals surface area contributed by atoms with Crippen LogP contribution in [0.15, 0.2) is 24.3 Å². The summed E-state index contributed by atoms with van der Waals surface area (Å²) in [7, 11) is 0. The first kappa shape index (κ1) is 12.9. The molecule has 4 nitrogen and oxygen atoms in total. The minimum atomic E-state index is -0.812. The smallest absolute Gasteiger partial charge is 0.306 e. The van der Waals surface area contributed by atoms with Gasteiger partial charge in [0.2, 0.25) is 5.91 Å². The van der Waals surface area contributed by atoms with Crippen molar-refractivity contribution in [2.75, 3.05) is 5.32 Å². The lowest BCUT2D eigenvalue weighted by Crippen LogP contribution is -2.21. The van der Waals surface area contributed by atoms with Gasteiger partial charge in [0, 0.05) is 16.6 Å². The number of carboxylic acid groups (broad SMARTS) is 1. The Kier molecular flexibility index (Phi) is 3.87. The van der Waals surface area contributed by atoms with Crippen LogP contribution in [0.2, 0.25) is 5.02 Å². The predicted molar refractivity (Wildman–Crippen MR) is 68.5 cm³/mol. The van der Waals surface area contributed by atoms with Gasteiger partial charge in [0.25, 0.3) is 0 Å². The molecule has 2 rings (SSSR count). The van der Waals surface area contributed by atoms with Gasteiger partial charge in [0.05, 0.1) is 5.92 Å². The molecule has 2 N–H and O–H groups in total. The number of carbonyl (C=O) groups is 2. The summed E-state index contributed by atoms with van der Waals surface area (Å²) in [5, 5.41) is 12.2. The molecular weight excluding hydrogens is 254 g/mol. The largest absolute Gasteiger partial charge is 0.481 e. The molecule has 0 spiro atoms. The topological polar surface area (TPSA) is 66.4 Å². The number of rotatable bonds is 3. The zero-order chi connectivity index (χ0) is 13.1. The minimum Gasteiger partial charge on any atom is -0.481 e. The molecule has 0 bridgehead atoms. The predicted octanol–water partition coefficient (Wildman–Crippen LogP) is 2.78. The normalized spacial score (nSPS) is 22.7. The second-order valence-corrected chi connectivity index (χ2v) is 4.98. The van der Waals surface area contributed by atoms with Crippen LogP contribution in [-0.2, 0) is 9.59 Å². The molecule has 1 fully saturated rings. The minimum absolute atomic E-state index is 0.124. The van der Waals surface area contributed by atoms with Gasteiger partial charge < -0.3 is 10.4 Å². The molecule has 1 aromatic rings. The van der Waals surface area contributed by atoms with Gasteiger partial charge in [-0.25, -0.2) is 0 Å². The van der Waals surface area contributed by atoms with Crippen LogP contribution in [0.3, 0.4) is 0 Å². The number of carboxylic acids is 1. The average Bonchev–Trinajstić information content (AvgIpc) is 2.78. The summed E-state index contributed by atoms with van der Waals surface area (Å²) in [4.78, 5) is 22.8. The van der Waals surface area contributed by atoms with Crippen molar-refractivity contribution < 1.29 is 14.7 Å². The molecule has 1 amide bonds. The summed E-state index contributed by atoms with van der Waals surface area (Å²) < 4.78 is 0. The number of amides is 1. The second-order valence-electron chi connectivity index (χ2n) is 4.54. The van der Waals surface area contributed by atoms with Crippen LogP contribution in [0.5, 0.6) is 0 Å². The van der Waals surface area contributed by atoms with E-state index in [-0.39, 0.29) is 17.7 Å². The molecular formula is C13H14ClNO3. The molecule has 0 saturated heterocycles. The summed E-state index contributed by atoms with van der Waals surface area (Å²) >= 11 is 5.82. The highest BCUT2D eigenvalue weighted by Crippen LogP contribution is 2.32. The Hall–Kier alpha value is -1.55. The molecule has 1 aliphatic carbocycles. The highest BCUT2D eigenvalue weighted by molar-refractivity contribution is 6.30. The number of carbonyl (C=O) groups excluding carboxylic acids is 1. The van der Waals surface area contributed by atoms with Gasteiger partial charge in [-0.1, -0.05) is 17.7 Å². The van der Waals surface area contributed by atoms with E-state index < -0.39 is 5.97 Å². The average molecular weight is 268 g/mol. The van der Waals surface area contributed by atoms with Gasteiger partial charge in [0.1, 0.15) is 0 Å². The third-order valence-corrected chi connectivity index (χ3v) is 3.48. The van der Waals surface area contributed by atoms with Crippen molar-refractivity contribution in [3.05, 3.63) is 29.3 Å². The van der Waals surface area contributed by atoms with Crippen molar-refractivity contribution in [2.45, 2.75) is 19.3 Å². The lowest BCUT2D eigenvalue weighted by molar-refractivity contribution is -0.141. The molecule has 0 aliphatic heterocycles. The second kappa shape index (κ2) is 5.40. The Morgan fingerprint density at radius 2 is 2.00 bits per heavy atom. The summed E-state index contributed by atoms with van der Waals surface area (Å²) in [5.41, 5.74) is 0.645. The van der Waals surface area contributed by atoms with E-state index in [2.05, 4.69) is 5.32 Å². The van der Waals surface area contributed by atoms with Crippen LogP contribution < -0.4 is 5.32 Å². The molecule has 0 heterocycles. The van der Waals surface area contributed by atoms with E-state index in [1.54, 1.807) is 24.3 Å². The fourth-order valence-electron chi connectivity index (χ4n) is 2.25. The van der Waals surface area contributed by atoms with Crippen LogP contribution in [0.4, 0.5) is 5.69 Å². The molecule has 1 saturated carbocycles. The maximum atomic E-state index is 11.9. The number of nitrogens with one attached hydrogen (secondary N) is 1. The first-order valence-corrected chi connectivity index (χ1v) is 6.23. The summed E-state index contributed by atoms with van der Waals surface area (Å²) in [6.45, 7) is 0. The molecule has 1 aliphatic rings. The Morgan fingerprint density at radius 1 is 1.28 bits per heavy atom. The van der Waals surface area contributed by atoms with Crippen LogP contribution in [-0.4, -0.2) is 17.0 Å². The molecule has 0 unspecified atom stereocenters. The van der Waals surface area contributed by atoms with Gasteiger partial charge in [-0.2, -0.15) is 0 Å². The van der Waals surface area contributed by atoms with E-state index in [9.17, 15) is 9.59 Å². The van der Waals surface area contributed by atoms with Crippen molar-refractivity contribution in [3.8, 4) is 0 Å². The summed E-state index contributed by atoms with van der Waals surface area (Å²) in [6.07, 6.45) is 1.62. The maximum Gasteiger partial charge on any atom is 0.306 e. The Balaban J connectivity index is 1.95. The number of aliphatic carboxylic acids is 1. The molecule has 2 atom stereocenters. The lowest BCUT2D eigenvalue weighted by atomic mass is 10.0. The highest BCUT2D eigenvalue weighted by Gasteiger charge is 2.33. The summed E-state index contributed by atoms with van der Waals surface area (Å²) in [5.74, 6) is -1.54. The summed E-state index contributed by atoms with van der Waals surface area (Å²) in [6, 6.07) is 6.91. The van der Waals surface area contributed by atoms with E-state index >= 15 is 0 Å². The lowest BCUT2D eigenvalue weighted by Gasteiger charge is -2.10. The van der Waals surface area contributed by atoms with Gasteiger partial charge in [0.15, 0.2) is 0 Å². The Bertz CT molecular complexity index is 475. The number of halogens is 1. The molecule has 0 radical (unpaired) electrons. The Labute approximate surface area is 110 Å². The zero-order valence-electron chi connectivity index (χ0n) is 9.73. The first-order chi connectivity index (χ1) is 8.56. The van der Waals surface area contributed by atoms with E-state index in [0.717, 1.165) is 0 Å². The quantitative estimate of drug-likeness (QED) is 0.885. The van der Waals surface area contributed by atoms with Crippen LogP contribution >= 0.6 is 11.6 Å². The first-order valence-electron chi connectivity index (χ1n) is 5.85. The molecule has 1 aromatic carbocycles. The third-order valence-electron chi connectivity index (χ3n) is 3.24. The zero-order valence-corrected chi connectivity index (χ0v) is 10.5. The number of hydrogen-bond donors (Lipinski definition) is 2. The van der Waals surface area contributed by atoms with E-state index in [0.29, 0.717) is 30.0 Å². The van der Waals surface area contributed by atoms with Crippen molar-refractivity contribution in [2.24, 2.45) is 11.8 Å². The number of benzene rings is 1. The molecule has 0 aromatic heterocycles. The fourth-order valence-corrected chi connectivity index (χ4v) is 2.44. The number of anilines is 1. The van der Waals surface area contributed by atoms with Gasteiger partial charge in [-0.3, -0.25) is 9.59 Å². The van der Waals surface area contributed by atoms with E-state index in [1.807, 2.05) is 0 Å². The molecule has 96 valence electrons. The van der Waals surface area contributed by atoms with Gasteiger partial charge >= 0.3 is 5.97 Å². The van der Waals surface area contributed by atoms with Crippen LogP contribution in [0, 0.1) is 11.8 Å². The van der Waals surface area contributed by atoms with Crippen molar-refractivity contribution in [1.29, 1.82) is 0 Å². The molecule has 18 heavy (non-hydrogen) atoms. The van der Waals surface area contributed by atoms with E-state index in [4.69, 9.17) is 16.7 Å². The third kappa shape index (κ3) is 3.01. The van der Waals surface area contributed by atoms with E-state index in [1.165, 1.54) is 0 Å². The van der Waals surface area contributed by atoms with Crippen LogP contribution in [0.25, 0.3) is 0 Å². The van der Waals surface area contributed by atoms with Crippen molar-refractivity contribution >= 4 is 29.2 Å². The number of hydrogen-bond acceptors (Lipinski definition) is 2. The van der Waals surface area contributed by atoms with Crippen LogP contribution in [0.1, 0.15) is 19.3 Å². The SMILES string of the molecule is O=C(O)[C@H]1CC[C@@H](C(=O)Nc2cccc(Cl)c2)C1. The standard InChI is InChI=1S/C13H14ClNO3/c14-10-2-1-3-11(7-10)15-12(16)8-4-5-9(6-8)13(17)18/h1-3,7-9H,4-6H2,(H,15,16)(H,17,18)/t8-,9+/m1/s1. The van der Waals surface area contributed by atoms with Gasteiger partial charge in [-0.15, -0.1) is 0 Å². The van der Waals surface area contributed by atoms with Gasteiger partial charge in [-0.05, 0) is 37.5 Å². The molecule has 5 heteroatoms. The Morgan fingerprint density at radius 3 is 2.61 bits per heavy atom. The highest BCUT2D eigenvalue weighted by atomic mass is 35.5. The fraction of sp³-hybridized carbons (Fsp3) is 0.385.